The van der Waals surface area contributed by atoms with Gasteiger partial charge in [-0.3, -0.25) is 0 Å². The minimum absolute atomic E-state index is 1.08. The van der Waals surface area contributed by atoms with E-state index < -0.39 is 0 Å². The molecule has 0 aliphatic rings. The van der Waals surface area contributed by atoms with Gasteiger partial charge in [0.05, 0.1) is 0 Å². The van der Waals surface area contributed by atoms with Crippen LogP contribution in [0.3, 0.4) is 0 Å². The number of benzene rings is 5. The largest absolute Gasteiger partial charge is 0.219 e. The zero-order chi connectivity index (χ0) is 37.8. The third-order valence-corrected chi connectivity index (χ3v) is 10.4. The minimum atomic E-state index is 1.08. The third kappa shape index (κ3) is 6.92. The Bertz CT molecular complexity index is 2430. The summed E-state index contributed by atoms with van der Waals surface area (Å²) < 4.78 is 8.95. The molecule has 9 rings (SSSR count). The van der Waals surface area contributed by atoms with E-state index >= 15 is 0 Å². The van der Waals surface area contributed by atoms with E-state index in [1.807, 2.05) is 0 Å². The van der Waals surface area contributed by atoms with Gasteiger partial charge in [-0.1, -0.05) is 72.8 Å². The van der Waals surface area contributed by atoms with Gasteiger partial charge in [0, 0.05) is 95.1 Å². The predicted molar refractivity (Wildman–Crippen MR) is 224 cm³/mol. The average molecular weight is 723 g/mol. The van der Waals surface area contributed by atoms with Crippen LogP contribution in [0.2, 0.25) is 0 Å². The van der Waals surface area contributed by atoms with Gasteiger partial charge in [0.2, 0.25) is 34.2 Å². The van der Waals surface area contributed by atoms with Crippen molar-refractivity contribution in [3.8, 4) is 78.7 Å². The summed E-state index contributed by atoms with van der Waals surface area (Å²) in [5.41, 5.74) is 15.9. The van der Waals surface area contributed by atoms with E-state index in [4.69, 9.17) is 0 Å². The van der Waals surface area contributed by atoms with Crippen molar-refractivity contribution in [3.05, 3.63) is 219 Å². The lowest BCUT2D eigenvalue weighted by molar-refractivity contribution is -0.671. The molecule has 0 amide bonds. The summed E-state index contributed by atoms with van der Waals surface area (Å²) in [7, 11) is 4.11. The van der Waals surface area contributed by atoms with Crippen LogP contribution in [0.25, 0.3) is 78.7 Å². The van der Waals surface area contributed by atoms with Gasteiger partial charge in [0.15, 0.2) is 24.8 Å². The maximum absolute atomic E-state index is 2.40. The first-order valence-corrected chi connectivity index (χ1v) is 19.0. The fourth-order valence-electron chi connectivity index (χ4n) is 7.50. The van der Waals surface area contributed by atoms with Gasteiger partial charge in [-0.2, -0.15) is 9.13 Å². The fraction of sp³-hybridized carbons (Fsp3) is 0.0385. The number of rotatable bonds is 8. The van der Waals surface area contributed by atoms with Crippen LogP contribution in [-0.2, 0) is 14.1 Å². The molecule has 0 N–H and O–H groups in total. The van der Waals surface area contributed by atoms with Gasteiger partial charge in [0.1, 0.15) is 14.1 Å². The van der Waals surface area contributed by atoms with Gasteiger partial charge in [-0.25, -0.2) is 9.13 Å². The Balaban J connectivity index is 1.27. The lowest BCUT2D eigenvalue weighted by Gasteiger charge is -2.14. The summed E-state index contributed by atoms with van der Waals surface area (Å²) in [6, 6.07) is 69.9. The molecule has 0 saturated carbocycles. The minimum Gasteiger partial charge on any atom is -0.208 e. The number of hydrogen-bond acceptors (Lipinski definition) is 0. The molecule has 0 fully saturated rings. The van der Waals surface area contributed by atoms with E-state index in [1.165, 1.54) is 22.3 Å². The van der Waals surface area contributed by atoms with Crippen LogP contribution in [0.5, 0.6) is 0 Å². The van der Waals surface area contributed by atoms with Crippen molar-refractivity contribution in [2.45, 2.75) is 0 Å². The summed E-state index contributed by atoms with van der Waals surface area (Å²) >= 11 is 0. The monoisotopic (exact) mass is 722 g/mol. The van der Waals surface area contributed by atoms with Crippen molar-refractivity contribution in [3.63, 3.8) is 0 Å². The molecule has 4 aromatic heterocycles. The molecule has 0 aliphatic carbocycles. The quantitative estimate of drug-likeness (QED) is 0.139. The van der Waals surface area contributed by atoms with Crippen molar-refractivity contribution < 1.29 is 18.3 Å². The molecule has 56 heavy (non-hydrogen) atoms. The van der Waals surface area contributed by atoms with Crippen LogP contribution in [0.1, 0.15) is 0 Å². The Labute approximate surface area is 328 Å². The first-order valence-electron chi connectivity index (χ1n) is 19.0. The molecule has 4 heterocycles. The summed E-state index contributed by atoms with van der Waals surface area (Å²) in [6.07, 6.45) is 8.43. The Morgan fingerprint density at radius 3 is 0.750 bits per heavy atom. The van der Waals surface area contributed by atoms with Gasteiger partial charge in [-0.05, 0) is 70.8 Å². The van der Waals surface area contributed by atoms with Crippen LogP contribution in [0, 0.1) is 0 Å². The van der Waals surface area contributed by atoms with Crippen molar-refractivity contribution in [2.75, 3.05) is 0 Å². The maximum Gasteiger partial charge on any atom is 0.219 e. The number of aromatic nitrogens is 4. The smallest absolute Gasteiger partial charge is 0.208 e. The summed E-state index contributed by atoms with van der Waals surface area (Å²) in [5, 5.41) is 0. The Morgan fingerprint density at radius 1 is 0.250 bits per heavy atom. The molecule has 5 aromatic carbocycles. The van der Waals surface area contributed by atoms with Gasteiger partial charge in [-0.15, -0.1) is 0 Å². The highest BCUT2D eigenvalue weighted by Gasteiger charge is 2.28. The van der Waals surface area contributed by atoms with Crippen molar-refractivity contribution in [1.82, 2.24) is 0 Å². The Morgan fingerprint density at radius 2 is 0.500 bits per heavy atom. The van der Waals surface area contributed by atoms with Crippen LogP contribution >= 0.6 is 0 Å². The molecule has 0 spiro atoms. The maximum atomic E-state index is 2.40. The van der Waals surface area contributed by atoms with Gasteiger partial charge >= 0.3 is 0 Å². The predicted octanol–water partition coefficient (Wildman–Crippen LogP) is 9.89. The van der Waals surface area contributed by atoms with E-state index in [0.29, 0.717) is 0 Å². The second-order valence-electron chi connectivity index (χ2n) is 14.2. The summed E-state index contributed by atoms with van der Waals surface area (Å²) in [6.45, 7) is 0. The molecule has 0 unspecified atom stereocenters. The van der Waals surface area contributed by atoms with Crippen LogP contribution < -0.4 is 18.3 Å². The number of pyridine rings is 4. The van der Waals surface area contributed by atoms with E-state index in [0.717, 1.165) is 56.4 Å². The first kappa shape index (κ1) is 34.5. The van der Waals surface area contributed by atoms with Crippen LogP contribution in [0.4, 0.5) is 0 Å². The third-order valence-electron chi connectivity index (χ3n) is 10.4. The average Bonchev–Trinajstić information content (AvgIpc) is 3.27. The van der Waals surface area contributed by atoms with Crippen LogP contribution in [0.15, 0.2) is 219 Å². The molecular weight excluding hydrogens is 681 g/mol. The van der Waals surface area contributed by atoms with E-state index in [9.17, 15) is 0 Å². The summed E-state index contributed by atoms with van der Waals surface area (Å²) in [4.78, 5) is 0. The van der Waals surface area contributed by atoms with Crippen LogP contribution in [-0.4, -0.2) is 0 Å². The highest BCUT2D eigenvalue weighted by atomic mass is 15.0. The SMILES string of the molecule is C[n+]1ccc(-c2cc(-c3ccccc3)[n+](-c3ccc(-[n+]4c(-c5ccccc5)cc(-c5cc[n+](C)cc5)cc4-c4ccccc4)cc3)c(-c3ccccc3)c2)cc1. The van der Waals surface area contributed by atoms with Gasteiger partial charge in [0.25, 0.3) is 0 Å². The Kier molecular flexibility index (Phi) is 9.36. The highest BCUT2D eigenvalue weighted by molar-refractivity contribution is 5.75. The number of nitrogens with zero attached hydrogens (tertiary/aromatic N) is 4. The van der Waals surface area contributed by atoms with E-state index in [-0.39, 0.29) is 0 Å². The molecule has 0 saturated heterocycles. The second-order valence-corrected chi connectivity index (χ2v) is 14.2. The van der Waals surface area contributed by atoms with Crippen molar-refractivity contribution >= 4 is 0 Å². The molecule has 9 aromatic rings. The molecular formula is C52H42N4+4. The zero-order valence-electron chi connectivity index (χ0n) is 31.6. The highest BCUT2D eigenvalue weighted by Crippen LogP contribution is 2.33. The fourth-order valence-corrected chi connectivity index (χ4v) is 7.50. The lowest BCUT2D eigenvalue weighted by Crippen LogP contribution is -2.38. The molecule has 4 nitrogen and oxygen atoms in total. The molecule has 0 radical (unpaired) electrons. The molecule has 0 bridgehead atoms. The van der Waals surface area contributed by atoms with Gasteiger partial charge < -0.3 is 0 Å². The first-order chi connectivity index (χ1) is 27.6. The standard InChI is InChI=1S/C52H42N4/c1-53-31-27-39(28-32-53)45-35-49(41-15-7-3-8-16-41)55(50(36-45)42-17-9-4-10-18-42)47-23-25-48(26-24-47)56-51(43-19-11-5-12-20-43)37-46(40-29-33-54(2)34-30-40)38-52(56)44-21-13-6-14-22-44/h3-38H,1-2H3/q+4. The van der Waals surface area contributed by atoms with E-state index in [1.54, 1.807) is 0 Å². The number of hydrogen-bond donors (Lipinski definition) is 0. The van der Waals surface area contributed by atoms with Crippen molar-refractivity contribution in [1.29, 1.82) is 0 Å². The van der Waals surface area contributed by atoms with Crippen molar-refractivity contribution in [2.24, 2.45) is 14.1 Å². The van der Waals surface area contributed by atoms with E-state index in [2.05, 4.69) is 251 Å². The topological polar surface area (TPSA) is 15.5 Å². The molecule has 266 valence electrons. The summed E-state index contributed by atoms with van der Waals surface area (Å²) in [5.74, 6) is 0. The normalized spacial score (nSPS) is 11.0. The Hall–Kier alpha value is -7.30. The zero-order valence-corrected chi connectivity index (χ0v) is 31.6. The second kappa shape index (κ2) is 15.2. The molecule has 0 aliphatic heterocycles. The number of aryl methyl sites for hydroxylation is 2. The molecule has 4 heteroatoms. The lowest BCUT2D eigenvalue weighted by atomic mass is 9.98. The molecule has 0 atom stereocenters.